The molecule has 0 spiro atoms. The number of hydrogen-bond acceptors (Lipinski definition) is 8. The van der Waals surface area contributed by atoms with Gasteiger partial charge in [-0.3, -0.25) is 9.59 Å². The molecule has 2 atom stereocenters. The van der Waals surface area contributed by atoms with Crippen LogP contribution in [0.4, 0.5) is 13.2 Å². The van der Waals surface area contributed by atoms with Gasteiger partial charge in [-0.05, 0) is 75.6 Å². The molecular formula is C34H31F3N4O5S. The second-order valence-electron chi connectivity index (χ2n) is 13.3. The van der Waals surface area contributed by atoms with E-state index in [9.17, 15) is 23.5 Å². The number of halogens is 3. The summed E-state index contributed by atoms with van der Waals surface area (Å²) in [6.07, 6.45) is 5.39. The van der Waals surface area contributed by atoms with Crippen LogP contribution in [0.15, 0.2) is 30.3 Å². The molecule has 4 N–H and O–H groups in total. The summed E-state index contributed by atoms with van der Waals surface area (Å²) in [5, 5.41) is 16.1. The van der Waals surface area contributed by atoms with Crippen molar-refractivity contribution < 1.29 is 37.3 Å². The number of aliphatic hydroxyl groups is 1. The van der Waals surface area contributed by atoms with Crippen molar-refractivity contribution in [2.45, 2.75) is 68.5 Å². The van der Waals surface area contributed by atoms with E-state index in [1.54, 1.807) is 30.4 Å². The predicted octanol–water partition coefficient (Wildman–Crippen LogP) is 5.36. The number of nitrogens with two attached hydrogens (primary N) is 1. The average molecular weight is 665 g/mol. The second kappa shape index (κ2) is 10.6. The van der Waals surface area contributed by atoms with Crippen molar-refractivity contribution in [2.24, 2.45) is 11.7 Å². The van der Waals surface area contributed by atoms with E-state index in [2.05, 4.69) is 10.3 Å². The summed E-state index contributed by atoms with van der Waals surface area (Å²) >= 11 is 1.55. The van der Waals surface area contributed by atoms with Gasteiger partial charge in [-0.2, -0.15) is 0 Å². The van der Waals surface area contributed by atoms with Gasteiger partial charge in [0.05, 0.1) is 28.1 Å². The Balaban J connectivity index is 1.17. The maximum absolute atomic E-state index is 15.1. The number of thiazole rings is 1. The van der Waals surface area contributed by atoms with Crippen LogP contribution in [0.3, 0.4) is 0 Å². The van der Waals surface area contributed by atoms with Crippen LogP contribution >= 0.6 is 11.3 Å². The van der Waals surface area contributed by atoms with Crippen molar-refractivity contribution in [1.82, 2.24) is 15.3 Å². The highest BCUT2D eigenvalue weighted by molar-refractivity contribution is 7.18. The Morgan fingerprint density at radius 2 is 1.81 bits per heavy atom. The lowest BCUT2D eigenvalue weighted by Crippen LogP contribution is -2.44. The average Bonchev–Trinajstić information content (AvgIpc) is 3.92. The Morgan fingerprint density at radius 1 is 1.06 bits per heavy atom. The fourth-order valence-electron chi connectivity index (χ4n) is 6.13. The quantitative estimate of drug-likeness (QED) is 0.194. The van der Waals surface area contributed by atoms with Crippen molar-refractivity contribution in [3.8, 4) is 22.8 Å². The summed E-state index contributed by atoms with van der Waals surface area (Å²) in [6.45, 7) is 1.07. The summed E-state index contributed by atoms with van der Waals surface area (Å²) in [6, 6.07) is 5.98. The highest BCUT2D eigenvalue weighted by atomic mass is 32.1. The van der Waals surface area contributed by atoms with Gasteiger partial charge in [0.15, 0.2) is 11.6 Å². The van der Waals surface area contributed by atoms with Crippen molar-refractivity contribution in [1.29, 1.82) is 0 Å². The first-order valence-electron chi connectivity index (χ1n) is 15.7. The lowest BCUT2D eigenvalue weighted by molar-refractivity contribution is -0.123. The maximum Gasteiger partial charge on any atom is 0.251 e. The standard InChI is InChI=1S/C34H31F3N4O5S/c1-33(32(38)43)14-45-29-20(33)11-26(40-27(29)19-10-22(36)23(37)12-21(19)35)34(44,17-4-5-17)13-39-30(42)16-8-24(46-18-6-7-18)28-25(9-16)47-31(41-28)15-2-3-15/h8-12,15,17-18,44H,2-7,13-14H2,1H3,(H2,38,43)(H,39,42)/t33-,34?/m0/s1. The number of fused-ring (bicyclic) bond motifs is 2. The molecule has 4 aliphatic rings. The molecule has 3 saturated carbocycles. The molecule has 3 heterocycles. The van der Waals surface area contributed by atoms with Gasteiger partial charge in [-0.15, -0.1) is 11.3 Å². The molecule has 1 unspecified atom stereocenters. The van der Waals surface area contributed by atoms with E-state index in [1.165, 1.54) is 6.07 Å². The van der Waals surface area contributed by atoms with Gasteiger partial charge in [0.2, 0.25) is 5.91 Å². The molecule has 13 heteroatoms. The summed E-state index contributed by atoms with van der Waals surface area (Å²) in [4.78, 5) is 35.6. The topological polar surface area (TPSA) is 137 Å². The van der Waals surface area contributed by atoms with Gasteiger partial charge in [0, 0.05) is 28.7 Å². The monoisotopic (exact) mass is 664 g/mol. The number of benzene rings is 2. The number of carbonyl (C=O) groups is 2. The predicted molar refractivity (Wildman–Crippen MR) is 166 cm³/mol. The number of nitrogens with zero attached hydrogens (tertiary/aromatic N) is 2. The molecule has 2 aromatic heterocycles. The Morgan fingerprint density at radius 3 is 2.49 bits per heavy atom. The van der Waals surface area contributed by atoms with E-state index in [4.69, 9.17) is 20.2 Å². The number of primary amides is 1. The third-order valence-corrected chi connectivity index (χ3v) is 10.7. The lowest BCUT2D eigenvalue weighted by atomic mass is 9.81. The minimum absolute atomic E-state index is 0.0147. The minimum Gasteiger partial charge on any atom is -0.489 e. The molecule has 3 aliphatic carbocycles. The van der Waals surface area contributed by atoms with Gasteiger partial charge >= 0.3 is 0 Å². The molecule has 0 radical (unpaired) electrons. The van der Waals surface area contributed by atoms with Crippen molar-refractivity contribution >= 4 is 33.4 Å². The summed E-state index contributed by atoms with van der Waals surface area (Å²) in [5.74, 6) is -4.35. The first-order chi connectivity index (χ1) is 22.4. The van der Waals surface area contributed by atoms with Crippen LogP contribution in [0.1, 0.15) is 78.0 Å². The zero-order valence-electron chi connectivity index (χ0n) is 25.4. The summed E-state index contributed by atoms with van der Waals surface area (Å²) in [5.41, 5.74) is 3.31. The van der Waals surface area contributed by atoms with E-state index in [0.29, 0.717) is 42.2 Å². The van der Waals surface area contributed by atoms with Gasteiger partial charge in [0.25, 0.3) is 5.91 Å². The molecule has 4 aromatic rings. The van der Waals surface area contributed by atoms with Crippen LogP contribution in [-0.4, -0.2) is 46.1 Å². The van der Waals surface area contributed by atoms with Crippen molar-refractivity contribution in [2.75, 3.05) is 13.2 Å². The van der Waals surface area contributed by atoms with Crippen molar-refractivity contribution in [3.05, 3.63) is 69.6 Å². The number of carbonyl (C=O) groups excluding carboxylic acids is 2. The minimum atomic E-state index is -1.77. The molecule has 2 aromatic carbocycles. The molecule has 0 saturated heterocycles. The van der Waals surface area contributed by atoms with E-state index in [1.807, 2.05) is 0 Å². The fourth-order valence-corrected chi connectivity index (χ4v) is 7.32. The Labute approximate surface area is 271 Å². The SMILES string of the molecule is C[C@]1(C(N)=O)COc2c1cc(C(O)(CNC(=O)c1cc(OC3CC3)c3nc(C4CC4)sc3c1)C1CC1)nc2-c1cc(F)c(F)cc1F. The third kappa shape index (κ3) is 5.20. The van der Waals surface area contributed by atoms with Crippen LogP contribution in [-0.2, 0) is 15.8 Å². The Bertz CT molecular complexity index is 1990. The molecule has 2 amide bonds. The normalized spacial score (nSPS) is 21.6. The van der Waals surface area contributed by atoms with Crippen LogP contribution < -0.4 is 20.5 Å². The second-order valence-corrected chi connectivity index (χ2v) is 14.4. The highest BCUT2D eigenvalue weighted by Crippen LogP contribution is 2.50. The summed E-state index contributed by atoms with van der Waals surface area (Å²) < 4.78 is 56.1. The number of hydrogen-bond donors (Lipinski definition) is 3. The zero-order valence-corrected chi connectivity index (χ0v) is 26.2. The van der Waals surface area contributed by atoms with Gasteiger partial charge in [-0.1, -0.05) is 0 Å². The molecule has 47 heavy (non-hydrogen) atoms. The fraction of sp³-hybridized carbons (Fsp3) is 0.412. The third-order valence-electron chi connectivity index (χ3n) is 9.58. The molecule has 3 fully saturated rings. The number of nitrogens with one attached hydrogen (secondary N) is 1. The van der Waals surface area contributed by atoms with E-state index in [-0.39, 0.29) is 47.9 Å². The van der Waals surface area contributed by atoms with Gasteiger partial charge in [-0.25, -0.2) is 23.1 Å². The smallest absolute Gasteiger partial charge is 0.251 e. The van der Waals surface area contributed by atoms with Crippen LogP contribution in [0.5, 0.6) is 11.5 Å². The summed E-state index contributed by atoms with van der Waals surface area (Å²) in [7, 11) is 0. The van der Waals surface area contributed by atoms with Gasteiger partial charge in [0.1, 0.15) is 46.1 Å². The number of ether oxygens (including phenoxy) is 2. The lowest BCUT2D eigenvalue weighted by Gasteiger charge is -2.30. The highest BCUT2D eigenvalue weighted by Gasteiger charge is 2.50. The maximum atomic E-state index is 15.1. The Hall–Kier alpha value is -4.23. The van der Waals surface area contributed by atoms with E-state index >= 15 is 4.39 Å². The number of amides is 2. The molecular weight excluding hydrogens is 633 g/mol. The van der Waals surface area contributed by atoms with Crippen LogP contribution in [0.2, 0.25) is 0 Å². The molecule has 9 nitrogen and oxygen atoms in total. The van der Waals surface area contributed by atoms with Gasteiger partial charge < -0.3 is 25.6 Å². The molecule has 1 aliphatic heterocycles. The molecule has 244 valence electrons. The largest absolute Gasteiger partial charge is 0.489 e. The Kier molecular flexibility index (Phi) is 6.82. The van der Waals surface area contributed by atoms with E-state index < -0.39 is 45.8 Å². The van der Waals surface area contributed by atoms with Crippen molar-refractivity contribution in [3.63, 3.8) is 0 Å². The van der Waals surface area contributed by atoms with E-state index in [0.717, 1.165) is 40.9 Å². The molecule has 8 rings (SSSR count). The number of aromatic nitrogens is 2. The number of pyridine rings is 1. The zero-order chi connectivity index (χ0) is 32.8. The van der Waals surface area contributed by atoms with Crippen LogP contribution in [0.25, 0.3) is 21.5 Å². The number of rotatable bonds is 10. The van der Waals surface area contributed by atoms with Crippen LogP contribution in [0, 0.1) is 23.4 Å². The first kappa shape index (κ1) is 30.1. The first-order valence-corrected chi connectivity index (χ1v) is 16.5. The molecule has 0 bridgehead atoms.